The topological polar surface area (TPSA) is 57.5 Å². The van der Waals surface area contributed by atoms with Crippen molar-refractivity contribution in [2.45, 2.75) is 19.4 Å². The Hall–Kier alpha value is -3.08. The Kier molecular flexibility index (Phi) is 5.37. The van der Waals surface area contributed by atoms with Gasteiger partial charge in [0.25, 0.3) is 5.56 Å². The number of nitrogens with zero attached hydrogens (tertiary/aromatic N) is 1. The zero-order chi connectivity index (χ0) is 18.5. The SMILES string of the molecule is COC(=O)c1ccc2ccn(CCCc3ccc(OC)cc3)c(=O)c2c1. The van der Waals surface area contributed by atoms with Crippen LogP contribution in [-0.2, 0) is 17.7 Å². The lowest BCUT2D eigenvalue weighted by Gasteiger charge is -2.09. The van der Waals surface area contributed by atoms with E-state index < -0.39 is 5.97 Å². The Morgan fingerprint density at radius 2 is 1.81 bits per heavy atom. The average molecular weight is 351 g/mol. The van der Waals surface area contributed by atoms with E-state index >= 15 is 0 Å². The number of pyridine rings is 1. The molecule has 0 fully saturated rings. The van der Waals surface area contributed by atoms with Gasteiger partial charge < -0.3 is 14.0 Å². The van der Waals surface area contributed by atoms with Gasteiger partial charge in [-0.2, -0.15) is 0 Å². The first-order chi connectivity index (χ1) is 12.6. The summed E-state index contributed by atoms with van der Waals surface area (Å²) in [7, 11) is 2.97. The Morgan fingerprint density at radius 3 is 2.50 bits per heavy atom. The molecular weight excluding hydrogens is 330 g/mol. The van der Waals surface area contributed by atoms with Crippen LogP contribution in [0.5, 0.6) is 5.75 Å². The fraction of sp³-hybridized carbons (Fsp3) is 0.238. The van der Waals surface area contributed by atoms with Gasteiger partial charge in [0.1, 0.15) is 5.75 Å². The van der Waals surface area contributed by atoms with Crippen LogP contribution in [0.1, 0.15) is 22.3 Å². The van der Waals surface area contributed by atoms with Crippen LogP contribution in [0.4, 0.5) is 0 Å². The fourth-order valence-electron chi connectivity index (χ4n) is 2.95. The summed E-state index contributed by atoms with van der Waals surface area (Å²) in [5, 5.41) is 1.34. The molecule has 0 amide bonds. The molecule has 0 aliphatic carbocycles. The van der Waals surface area contributed by atoms with Crippen molar-refractivity contribution >= 4 is 16.7 Å². The van der Waals surface area contributed by atoms with E-state index in [1.165, 1.54) is 12.7 Å². The molecule has 2 aromatic carbocycles. The normalized spacial score (nSPS) is 10.7. The van der Waals surface area contributed by atoms with Gasteiger partial charge in [0, 0.05) is 18.1 Å². The molecule has 3 aromatic rings. The first-order valence-corrected chi connectivity index (χ1v) is 8.47. The number of esters is 1. The minimum Gasteiger partial charge on any atom is -0.497 e. The van der Waals surface area contributed by atoms with Crippen molar-refractivity contribution in [3.8, 4) is 5.75 Å². The number of rotatable bonds is 6. The number of aryl methyl sites for hydroxylation is 2. The van der Waals surface area contributed by atoms with Crippen molar-refractivity contribution in [2.24, 2.45) is 0 Å². The van der Waals surface area contributed by atoms with Crippen LogP contribution in [0.15, 0.2) is 59.5 Å². The third-order valence-corrected chi connectivity index (χ3v) is 4.42. The van der Waals surface area contributed by atoms with Crippen LogP contribution >= 0.6 is 0 Å². The largest absolute Gasteiger partial charge is 0.497 e. The van der Waals surface area contributed by atoms with Crippen LogP contribution in [0.2, 0.25) is 0 Å². The van der Waals surface area contributed by atoms with Crippen molar-refractivity contribution < 1.29 is 14.3 Å². The van der Waals surface area contributed by atoms with Gasteiger partial charge in [0.2, 0.25) is 0 Å². The number of methoxy groups -OCH3 is 2. The highest BCUT2D eigenvalue weighted by Gasteiger charge is 2.09. The van der Waals surface area contributed by atoms with Crippen LogP contribution in [0, 0.1) is 0 Å². The lowest BCUT2D eigenvalue weighted by molar-refractivity contribution is 0.0601. The summed E-state index contributed by atoms with van der Waals surface area (Å²) in [6, 6.07) is 14.9. The molecule has 26 heavy (non-hydrogen) atoms. The molecule has 0 aliphatic heterocycles. The zero-order valence-electron chi connectivity index (χ0n) is 14.9. The summed E-state index contributed by atoms with van der Waals surface area (Å²) in [5.74, 6) is 0.391. The molecule has 0 radical (unpaired) electrons. The highest BCUT2D eigenvalue weighted by Crippen LogP contribution is 2.15. The number of ether oxygens (including phenoxy) is 2. The second-order valence-electron chi connectivity index (χ2n) is 6.06. The monoisotopic (exact) mass is 351 g/mol. The number of hydrogen-bond donors (Lipinski definition) is 0. The number of benzene rings is 2. The maximum atomic E-state index is 12.7. The van der Waals surface area contributed by atoms with Crippen molar-refractivity contribution in [2.75, 3.05) is 14.2 Å². The second kappa shape index (κ2) is 7.87. The molecule has 0 bridgehead atoms. The molecule has 0 saturated heterocycles. The van der Waals surface area contributed by atoms with Gasteiger partial charge in [-0.3, -0.25) is 4.79 Å². The third-order valence-electron chi connectivity index (χ3n) is 4.42. The first-order valence-electron chi connectivity index (χ1n) is 8.47. The Balaban J connectivity index is 1.75. The minimum atomic E-state index is -0.443. The highest BCUT2D eigenvalue weighted by molar-refractivity contribution is 5.95. The molecule has 0 aliphatic rings. The number of carbonyl (C=O) groups is 1. The number of hydrogen-bond acceptors (Lipinski definition) is 4. The molecule has 1 aromatic heterocycles. The molecule has 0 unspecified atom stereocenters. The molecule has 5 nitrogen and oxygen atoms in total. The van der Waals surface area contributed by atoms with Crippen LogP contribution in [-0.4, -0.2) is 24.8 Å². The Morgan fingerprint density at radius 1 is 1.04 bits per heavy atom. The smallest absolute Gasteiger partial charge is 0.337 e. The van der Waals surface area contributed by atoms with E-state index in [2.05, 4.69) is 0 Å². The summed E-state index contributed by atoms with van der Waals surface area (Å²) in [6.45, 7) is 0.614. The maximum absolute atomic E-state index is 12.7. The lowest BCUT2D eigenvalue weighted by atomic mass is 10.1. The van der Waals surface area contributed by atoms with Crippen LogP contribution in [0.3, 0.4) is 0 Å². The van der Waals surface area contributed by atoms with Gasteiger partial charge in [0.15, 0.2) is 0 Å². The quantitative estimate of drug-likeness (QED) is 0.639. The number of aromatic nitrogens is 1. The van der Waals surface area contributed by atoms with E-state index in [1.54, 1.807) is 36.1 Å². The highest BCUT2D eigenvalue weighted by atomic mass is 16.5. The standard InChI is InChI=1S/C21H21NO4/c1-25-18-9-5-15(6-10-18)4-3-12-22-13-11-16-7-8-17(21(24)26-2)14-19(16)20(22)23/h5-11,13-14H,3-4,12H2,1-2H3. The third kappa shape index (κ3) is 3.77. The van der Waals surface area contributed by atoms with Gasteiger partial charge in [-0.1, -0.05) is 18.2 Å². The predicted octanol–water partition coefficient (Wildman–Crippen LogP) is 3.43. The molecule has 5 heteroatoms. The lowest BCUT2D eigenvalue weighted by Crippen LogP contribution is -2.20. The Labute approximate surface area is 151 Å². The minimum absolute atomic E-state index is 0.0945. The molecule has 0 spiro atoms. The van der Waals surface area contributed by atoms with Crippen LogP contribution in [0.25, 0.3) is 10.8 Å². The van der Waals surface area contributed by atoms with Crippen molar-refractivity contribution in [3.05, 3.63) is 76.2 Å². The molecule has 134 valence electrons. The zero-order valence-corrected chi connectivity index (χ0v) is 14.9. The van der Waals surface area contributed by atoms with Crippen molar-refractivity contribution in [1.82, 2.24) is 4.57 Å². The van der Waals surface area contributed by atoms with E-state index in [4.69, 9.17) is 9.47 Å². The van der Waals surface area contributed by atoms with Gasteiger partial charge in [-0.25, -0.2) is 4.79 Å². The van der Waals surface area contributed by atoms with E-state index in [-0.39, 0.29) is 5.56 Å². The molecule has 3 rings (SSSR count). The van der Waals surface area contributed by atoms with Gasteiger partial charge >= 0.3 is 5.97 Å². The maximum Gasteiger partial charge on any atom is 0.337 e. The van der Waals surface area contributed by atoms with Crippen LogP contribution < -0.4 is 10.3 Å². The Bertz CT molecular complexity index is 973. The summed E-state index contributed by atoms with van der Waals surface area (Å²) in [6.07, 6.45) is 3.52. The summed E-state index contributed by atoms with van der Waals surface area (Å²) >= 11 is 0. The van der Waals surface area contributed by atoms with E-state index in [9.17, 15) is 9.59 Å². The van der Waals surface area contributed by atoms with Crippen molar-refractivity contribution in [3.63, 3.8) is 0 Å². The summed E-state index contributed by atoms with van der Waals surface area (Å²) in [4.78, 5) is 24.4. The van der Waals surface area contributed by atoms with E-state index in [0.717, 1.165) is 24.0 Å². The second-order valence-corrected chi connectivity index (χ2v) is 6.06. The molecule has 0 N–H and O–H groups in total. The summed E-state index contributed by atoms with van der Waals surface area (Å²) < 4.78 is 11.6. The predicted molar refractivity (Wildman–Crippen MR) is 101 cm³/mol. The average Bonchev–Trinajstić information content (AvgIpc) is 2.69. The molecule has 0 saturated carbocycles. The molecular formula is C21H21NO4. The number of carbonyl (C=O) groups excluding carboxylic acids is 1. The van der Waals surface area contributed by atoms with Gasteiger partial charge in [-0.15, -0.1) is 0 Å². The van der Waals surface area contributed by atoms with Gasteiger partial charge in [0.05, 0.1) is 19.8 Å². The summed E-state index contributed by atoms with van der Waals surface area (Å²) in [5.41, 5.74) is 1.49. The first kappa shape index (κ1) is 17.7. The van der Waals surface area contributed by atoms with E-state index in [0.29, 0.717) is 17.5 Å². The molecule has 0 atom stereocenters. The molecule has 1 heterocycles. The van der Waals surface area contributed by atoms with Gasteiger partial charge in [-0.05, 0) is 54.1 Å². The van der Waals surface area contributed by atoms with E-state index in [1.807, 2.05) is 30.3 Å². The van der Waals surface area contributed by atoms with Crippen molar-refractivity contribution in [1.29, 1.82) is 0 Å². The fourth-order valence-corrected chi connectivity index (χ4v) is 2.95. The number of fused-ring (bicyclic) bond motifs is 1.